The molecule has 0 aliphatic heterocycles. The highest BCUT2D eigenvalue weighted by molar-refractivity contribution is 5.66. The van der Waals surface area contributed by atoms with Gasteiger partial charge in [0.2, 0.25) is 0 Å². The van der Waals surface area contributed by atoms with Gasteiger partial charge in [0.15, 0.2) is 0 Å². The van der Waals surface area contributed by atoms with Gasteiger partial charge in [0.25, 0.3) is 6.08 Å². The molecule has 3 rings (SSSR count). The standard InChI is InChI=1S/C22H24F2O/c1-25-15-17-4-8-19(9-5-17)21-12-10-20(11-13-21)18-6-2-16(3-7-18)14-22(23)24/h2-3,6-7,10-14,17,19H,4-5,8-9,15H2,1H3/t17-,19-. The molecule has 2 aromatic rings. The molecule has 0 unspecified atom stereocenters. The zero-order valence-corrected chi connectivity index (χ0v) is 14.6. The van der Waals surface area contributed by atoms with Gasteiger partial charge in [-0.05, 0) is 59.8 Å². The van der Waals surface area contributed by atoms with E-state index in [0.29, 0.717) is 17.4 Å². The summed E-state index contributed by atoms with van der Waals surface area (Å²) in [4.78, 5) is 0. The zero-order valence-electron chi connectivity index (χ0n) is 14.6. The SMILES string of the molecule is COC[C@H]1CC[C@H](c2ccc(-c3ccc(C=C(F)F)cc3)cc2)CC1. The molecule has 25 heavy (non-hydrogen) atoms. The van der Waals surface area contributed by atoms with Gasteiger partial charge >= 0.3 is 0 Å². The van der Waals surface area contributed by atoms with Crippen molar-refractivity contribution < 1.29 is 13.5 Å². The average Bonchev–Trinajstić information content (AvgIpc) is 2.63. The summed E-state index contributed by atoms with van der Waals surface area (Å²) in [5.41, 5.74) is 4.09. The molecule has 1 nitrogen and oxygen atoms in total. The quantitative estimate of drug-likeness (QED) is 0.602. The van der Waals surface area contributed by atoms with Gasteiger partial charge in [-0.1, -0.05) is 48.5 Å². The average molecular weight is 342 g/mol. The van der Waals surface area contributed by atoms with E-state index in [1.54, 1.807) is 19.2 Å². The molecule has 0 N–H and O–H groups in total. The maximum atomic E-state index is 12.3. The first-order valence-corrected chi connectivity index (χ1v) is 8.87. The Hall–Kier alpha value is -2.00. The summed E-state index contributed by atoms with van der Waals surface area (Å²) in [5.74, 6) is 1.35. The molecule has 1 aliphatic carbocycles. The van der Waals surface area contributed by atoms with E-state index >= 15 is 0 Å². The van der Waals surface area contributed by atoms with Gasteiger partial charge in [0.05, 0.1) is 0 Å². The van der Waals surface area contributed by atoms with Crippen molar-refractivity contribution in [1.82, 2.24) is 0 Å². The van der Waals surface area contributed by atoms with Gasteiger partial charge in [-0.3, -0.25) is 0 Å². The lowest BCUT2D eigenvalue weighted by molar-refractivity contribution is 0.127. The first-order chi connectivity index (χ1) is 12.2. The summed E-state index contributed by atoms with van der Waals surface area (Å²) in [6, 6.07) is 15.9. The number of benzene rings is 2. The van der Waals surface area contributed by atoms with Gasteiger partial charge in [-0.15, -0.1) is 0 Å². The monoisotopic (exact) mass is 342 g/mol. The van der Waals surface area contributed by atoms with Gasteiger partial charge in [-0.25, -0.2) is 0 Å². The Morgan fingerprint density at radius 3 is 2.00 bits per heavy atom. The molecule has 0 heterocycles. The van der Waals surface area contributed by atoms with E-state index in [9.17, 15) is 8.78 Å². The van der Waals surface area contributed by atoms with E-state index in [1.165, 1.54) is 31.2 Å². The molecule has 0 bridgehead atoms. The smallest absolute Gasteiger partial charge is 0.270 e. The molecule has 0 atom stereocenters. The number of hydrogen-bond acceptors (Lipinski definition) is 1. The highest BCUT2D eigenvalue weighted by Crippen LogP contribution is 2.36. The number of ether oxygens (including phenoxy) is 1. The van der Waals surface area contributed by atoms with Crippen LogP contribution in [0, 0.1) is 5.92 Å². The molecule has 0 radical (unpaired) electrons. The molecule has 1 fully saturated rings. The summed E-state index contributed by atoms with van der Waals surface area (Å²) >= 11 is 0. The Morgan fingerprint density at radius 1 is 0.920 bits per heavy atom. The van der Waals surface area contributed by atoms with Crippen LogP contribution in [0.3, 0.4) is 0 Å². The number of hydrogen-bond donors (Lipinski definition) is 0. The largest absolute Gasteiger partial charge is 0.384 e. The van der Waals surface area contributed by atoms with Crippen molar-refractivity contribution in [1.29, 1.82) is 0 Å². The third kappa shape index (κ3) is 4.76. The Kier molecular flexibility index (Phi) is 5.98. The zero-order chi connectivity index (χ0) is 17.6. The summed E-state index contributed by atoms with van der Waals surface area (Å²) < 4.78 is 29.8. The van der Waals surface area contributed by atoms with Crippen LogP contribution in [0.15, 0.2) is 54.6 Å². The molecular weight excluding hydrogens is 318 g/mol. The van der Waals surface area contributed by atoms with E-state index in [0.717, 1.165) is 23.8 Å². The van der Waals surface area contributed by atoms with Crippen LogP contribution >= 0.6 is 0 Å². The third-order valence-electron chi connectivity index (χ3n) is 5.15. The normalized spacial score (nSPS) is 20.3. The predicted molar refractivity (Wildman–Crippen MR) is 98.6 cm³/mol. The van der Waals surface area contributed by atoms with Gasteiger partial charge in [-0.2, -0.15) is 8.78 Å². The maximum Gasteiger partial charge on any atom is 0.270 e. The molecular formula is C22H24F2O. The number of rotatable bonds is 5. The van der Waals surface area contributed by atoms with Crippen LogP contribution in [-0.2, 0) is 4.74 Å². The molecule has 1 saturated carbocycles. The molecule has 0 amide bonds. The number of methoxy groups -OCH3 is 1. The maximum absolute atomic E-state index is 12.3. The molecule has 0 saturated heterocycles. The van der Waals surface area contributed by atoms with E-state index in [4.69, 9.17) is 4.74 Å². The minimum atomic E-state index is -1.67. The second-order valence-corrected chi connectivity index (χ2v) is 6.85. The van der Waals surface area contributed by atoms with Crippen LogP contribution in [0.4, 0.5) is 8.78 Å². The second-order valence-electron chi connectivity index (χ2n) is 6.85. The third-order valence-corrected chi connectivity index (χ3v) is 5.15. The molecule has 132 valence electrons. The minimum absolute atomic E-state index is 0.521. The predicted octanol–water partition coefficient (Wildman–Crippen LogP) is 6.51. The van der Waals surface area contributed by atoms with Crippen LogP contribution in [0.5, 0.6) is 0 Å². The summed E-state index contributed by atoms with van der Waals surface area (Å²) in [6.45, 7) is 0.878. The molecule has 3 heteroatoms. The van der Waals surface area contributed by atoms with Crippen molar-refractivity contribution in [3.63, 3.8) is 0 Å². The fourth-order valence-electron chi connectivity index (χ4n) is 3.74. The lowest BCUT2D eigenvalue weighted by Crippen LogP contribution is -2.17. The van der Waals surface area contributed by atoms with Crippen LogP contribution in [0.1, 0.15) is 42.7 Å². The second kappa shape index (κ2) is 8.39. The van der Waals surface area contributed by atoms with Gasteiger partial charge in [0, 0.05) is 19.8 Å². The van der Waals surface area contributed by atoms with Crippen molar-refractivity contribution >= 4 is 6.08 Å². The Labute approximate surface area is 148 Å². The first kappa shape index (κ1) is 17.8. The number of halogens is 2. The van der Waals surface area contributed by atoms with Gasteiger partial charge < -0.3 is 4.74 Å². The van der Waals surface area contributed by atoms with Crippen molar-refractivity contribution in [2.75, 3.05) is 13.7 Å². The summed E-state index contributed by atoms with van der Waals surface area (Å²) in [7, 11) is 1.78. The van der Waals surface area contributed by atoms with Crippen LogP contribution < -0.4 is 0 Å². The van der Waals surface area contributed by atoms with Crippen molar-refractivity contribution in [3.8, 4) is 11.1 Å². The van der Waals surface area contributed by atoms with Crippen LogP contribution in [-0.4, -0.2) is 13.7 Å². The lowest BCUT2D eigenvalue weighted by Gasteiger charge is -2.28. The fraction of sp³-hybridized carbons (Fsp3) is 0.364. The van der Waals surface area contributed by atoms with E-state index in [-0.39, 0.29) is 0 Å². The van der Waals surface area contributed by atoms with Crippen molar-refractivity contribution in [2.45, 2.75) is 31.6 Å². The van der Waals surface area contributed by atoms with E-state index < -0.39 is 6.08 Å². The van der Waals surface area contributed by atoms with Crippen LogP contribution in [0.25, 0.3) is 17.2 Å². The summed E-state index contributed by atoms with van der Waals surface area (Å²) in [5, 5.41) is 0. The molecule has 1 aliphatic rings. The fourth-order valence-corrected chi connectivity index (χ4v) is 3.74. The Bertz CT molecular complexity index is 692. The topological polar surface area (TPSA) is 9.23 Å². The Morgan fingerprint density at radius 2 is 1.48 bits per heavy atom. The highest BCUT2D eigenvalue weighted by atomic mass is 19.3. The Balaban J connectivity index is 1.65. The van der Waals surface area contributed by atoms with Gasteiger partial charge in [0.1, 0.15) is 0 Å². The van der Waals surface area contributed by atoms with Crippen molar-refractivity contribution in [2.24, 2.45) is 5.92 Å². The molecule has 0 aromatic heterocycles. The van der Waals surface area contributed by atoms with E-state index in [2.05, 4.69) is 24.3 Å². The first-order valence-electron chi connectivity index (χ1n) is 8.87. The van der Waals surface area contributed by atoms with E-state index in [1.807, 2.05) is 12.1 Å². The molecule has 0 spiro atoms. The molecule has 2 aromatic carbocycles. The van der Waals surface area contributed by atoms with Crippen molar-refractivity contribution in [3.05, 3.63) is 65.7 Å². The summed E-state index contributed by atoms with van der Waals surface area (Å²) in [6.07, 6.45) is 4.14. The lowest BCUT2D eigenvalue weighted by atomic mass is 9.79. The minimum Gasteiger partial charge on any atom is -0.384 e. The van der Waals surface area contributed by atoms with Crippen LogP contribution in [0.2, 0.25) is 0 Å². The highest BCUT2D eigenvalue weighted by Gasteiger charge is 2.22.